The summed E-state index contributed by atoms with van der Waals surface area (Å²) in [6, 6.07) is 8.29. The first-order valence-corrected chi connectivity index (χ1v) is 17.0. The highest BCUT2D eigenvalue weighted by molar-refractivity contribution is 14.2. The lowest BCUT2D eigenvalue weighted by molar-refractivity contribution is 0.327. The molecule has 1 aromatic carbocycles. The van der Waals surface area contributed by atoms with Crippen LogP contribution in [0.2, 0.25) is 0 Å². The average molecular weight is 623 g/mol. The highest BCUT2D eigenvalue weighted by atomic mass is 127. The van der Waals surface area contributed by atoms with E-state index in [4.69, 9.17) is 9.97 Å². The summed E-state index contributed by atoms with van der Waals surface area (Å²) < 4.78 is 20.9. The number of nitrogens with zero attached hydrogens (tertiary/aromatic N) is 6. The number of hydrogen-bond donors (Lipinski definition) is 1. The van der Waals surface area contributed by atoms with Gasteiger partial charge in [-0.25, -0.2) is 19.3 Å². The number of anilines is 3. The molecule has 0 aliphatic heterocycles. The number of hydrogen-bond acceptors (Lipinski definition) is 5. The van der Waals surface area contributed by atoms with Crippen LogP contribution >= 0.6 is 39.1 Å². The van der Waals surface area contributed by atoms with Crippen molar-refractivity contribution in [1.29, 1.82) is 0 Å². The van der Waals surface area contributed by atoms with Crippen LogP contribution in [0.5, 0.6) is 0 Å². The lowest BCUT2D eigenvalue weighted by Gasteiger charge is -2.24. The number of imidazole rings is 2. The van der Waals surface area contributed by atoms with Crippen LogP contribution in [0.3, 0.4) is 0 Å². The van der Waals surface area contributed by atoms with Crippen LogP contribution in [-0.2, 0) is 7.05 Å². The molecule has 4 unspecified atom stereocenters. The Kier molecular flexibility index (Phi) is 6.42. The Morgan fingerprint density at radius 2 is 2.06 bits per heavy atom. The number of rotatable bonds is 7. The van der Waals surface area contributed by atoms with Crippen molar-refractivity contribution >= 4 is 73.2 Å². The van der Waals surface area contributed by atoms with Gasteiger partial charge < -0.3 is 14.2 Å². The van der Waals surface area contributed by atoms with Gasteiger partial charge in [0.1, 0.15) is 17.0 Å². The number of halogens is 2. The SMILES string of the molecule is C=S(C)N(C)c1cc(-c2cncn2C)ccc1Nc1cc(C2CC2(C)F)nc2c1nc(C)n2PI. The summed E-state index contributed by atoms with van der Waals surface area (Å²) in [5.41, 5.74) is 6.06. The summed E-state index contributed by atoms with van der Waals surface area (Å²) >= 11 is 2.34. The summed E-state index contributed by atoms with van der Waals surface area (Å²) in [6.45, 7) is 3.64. The van der Waals surface area contributed by atoms with Crippen molar-refractivity contribution in [2.45, 2.75) is 31.9 Å². The number of nitrogens with one attached hydrogen (secondary N) is 1. The Balaban J connectivity index is 1.65. The van der Waals surface area contributed by atoms with Crippen molar-refractivity contribution in [2.75, 3.05) is 22.9 Å². The van der Waals surface area contributed by atoms with Gasteiger partial charge in [0.25, 0.3) is 0 Å². The Hall–Kier alpha value is -2.04. The zero-order chi connectivity index (χ0) is 25.1. The molecule has 1 N–H and O–H groups in total. The van der Waals surface area contributed by atoms with E-state index >= 15 is 0 Å². The molecule has 0 bridgehead atoms. The molecule has 11 heteroatoms. The fraction of sp³-hybridized carbons (Fsp3) is 0.333. The second-order valence-corrected chi connectivity index (χ2v) is 13.0. The minimum absolute atomic E-state index is 0.190. The molecule has 0 radical (unpaired) electrons. The summed E-state index contributed by atoms with van der Waals surface area (Å²) in [4.78, 5) is 14.0. The second-order valence-electron chi connectivity index (χ2n) is 9.23. The molecule has 3 aromatic heterocycles. The van der Waals surface area contributed by atoms with Crippen molar-refractivity contribution in [3.63, 3.8) is 0 Å². The maximum atomic E-state index is 14.7. The smallest absolute Gasteiger partial charge is 0.166 e. The molecule has 1 saturated carbocycles. The fourth-order valence-electron chi connectivity index (χ4n) is 4.31. The summed E-state index contributed by atoms with van der Waals surface area (Å²) in [7, 11) is 3.79. The van der Waals surface area contributed by atoms with Crippen molar-refractivity contribution in [2.24, 2.45) is 7.05 Å². The molecular formula is C24H28FIN7PS. The number of aromatic nitrogens is 5. The zero-order valence-electron chi connectivity index (χ0n) is 20.3. The Morgan fingerprint density at radius 1 is 1.31 bits per heavy atom. The van der Waals surface area contributed by atoms with Gasteiger partial charge in [0, 0.05) is 25.6 Å². The van der Waals surface area contributed by atoms with Crippen LogP contribution in [0.1, 0.15) is 30.8 Å². The van der Waals surface area contributed by atoms with Gasteiger partial charge in [-0.1, -0.05) is 11.9 Å². The average Bonchev–Trinajstić information content (AvgIpc) is 3.10. The van der Waals surface area contributed by atoms with Crippen molar-refractivity contribution in [3.8, 4) is 11.3 Å². The maximum absolute atomic E-state index is 14.7. The molecule has 0 saturated heterocycles. The van der Waals surface area contributed by atoms with Crippen molar-refractivity contribution < 1.29 is 4.39 Å². The third-order valence-corrected chi connectivity index (χ3v) is 9.88. The van der Waals surface area contributed by atoms with Gasteiger partial charge in [-0.3, -0.25) is 4.34 Å². The minimum Gasteiger partial charge on any atom is -0.352 e. The molecule has 35 heavy (non-hydrogen) atoms. The molecule has 1 fully saturated rings. The number of fused-ring (bicyclic) bond motifs is 1. The highest BCUT2D eigenvalue weighted by Gasteiger charge is 2.53. The van der Waals surface area contributed by atoms with Crippen molar-refractivity contribution in [1.82, 2.24) is 23.9 Å². The molecule has 0 spiro atoms. The summed E-state index contributed by atoms with van der Waals surface area (Å²) in [6.07, 6.45) is 6.71. The van der Waals surface area contributed by atoms with Crippen LogP contribution in [0.25, 0.3) is 22.4 Å². The number of benzene rings is 1. The Labute approximate surface area is 221 Å². The first kappa shape index (κ1) is 24.6. The predicted molar refractivity (Wildman–Crippen MR) is 158 cm³/mol. The molecule has 184 valence electrons. The summed E-state index contributed by atoms with van der Waals surface area (Å²) in [5, 5.41) is 3.63. The van der Waals surface area contributed by atoms with Crippen LogP contribution in [0.4, 0.5) is 21.5 Å². The highest BCUT2D eigenvalue weighted by Crippen LogP contribution is 2.54. The molecule has 4 atom stereocenters. The van der Waals surface area contributed by atoms with Gasteiger partial charge in [-0.15, -0.1) is 10.7 Å². The number of pyridine rings is 1. The maximum Gasteiger partial charge on any atom is 0.166 e. The van der Waals surface area contributed by atoms with E-state index in [0.29, 0.717) is 12.8 Å². The van der Waals surface area contributed by atoms with E-state index in [2.05, 4.69) is 71.3 Å². The molecule has 5 rings (SSSR count). The molecule has 0 amide bonds. The molecule has 3 heterocycles. The van der Waals surface area contributed by atoms with E-state index in [1.165, 1.54) is 0 Å². The fourth-order valence-corrected chi connectivity index (χ4v) is 6.94. The molecular weight excluding hydrogens is 595 g/mol. The van der Waals surface area contributed by atoms with Gasteiger partial charge in [-0.05, 0) is 66.8 Å². The standard InChI is InChI=1S/C24H28FIN7PS/c1-14-28-22-19(10-18(16-11-24(16,2)25)30-23(22)33(14)34-26)29-17-8-7-15(21-12-27-13-31(21)3)9-20(17)32(4)35(5)6/h7-10,12-13,16,34H,5,11H2,1-4,6H3,(H,29,30). The monoisotopic (exact) mass is 623 g/mol. The minimum atomic E-state index is -1.20. The number of aryl methyl sites for hydroxylation is 2. The van der Waals surface area contributed by atoms with E-state index in [-0.39, 0.29) is 16.6 Å². The molecule has 1 aliphatic rings. The lowest BCUT2D eigenvalue weighted by atomic mass is 10.1. The van der Waals surface area contributed by atoms with Gasteiger partial charge >= 0.3 is 0 Å². The van der Waals surface area contributed by atoms with Gasteiger partial charge in [0.05, 0.1) is 47.3 Å². The van der Waals surface area contributed by atoms with Gasteiger partial charge in [0.2, 0.25) is 0 Å². The van der Waals surface area contributed by atoms with E-state index in [9.17, 15) is 4.39 Å². The van der Waals surface area contributed by atoms with Crippen LogP contribution in [-0.4, -0.2) is 48.7 Å². The predicted octanol–water partition coefficient (Wildman–Crippen LogP) is 6.57. The second kappa shape index (κ2) is 9.12. The molecule has 4 aromatic rings. The normalized spacial score (nSPS) is 20.6. The Morgan fingerprint density at radius 3 is 2.66 bits per heavy atom. The largest absolute Gasteiger partial charge is 0.352 e. The zero-order valence-corrected chi connectivity index (χ0v) is 24.3. The number of alkyl halides is 1. The van der Waals surface area contributed by atoms with E-state index in [1.807, 2.05) is 37.8 Å². The van der Waals surface area contributed by atoms with Crippen LogP contribution in [0, 0.1) is 6.92 Å². The molecule has 7 nitrogen and oxygen atoms in total. The third kappa shape index (κ3) is 4.49. The lowest BCUT2D eigenvalue weighted by Crippen LogP contribution is -2.11. The quantitative estimate of drug-likeness (QED) is 0.143. The van der Waals surface area contributed by atoms with E-state index in [0.717, 1.165) is 51.0 Å². The van der Waals surface area contributed by atoms with Gasteiger partial charge in [-0.2, -0.15) is 0 Å². The Bertz CT molecular complexity index is 1460. The van der Waals surface area contributed by atoms with Gasteiger partial charge in [0.15, 0.2) is 5.65 Å². The van der Waals surface area contributed by atoms with Crippen molar-refractivity contribution in [3.05, 3.63) is 48.3 Å². The van der Waals surface area contributed by atoms with E-state index < -0.39 is 5.67 Å². The van der Waals surface area contributed by atoms with Crippen LogP contribution < -0.4 is 9.62 Å². The topological polar surface area (TPSA) is 63.8 Å². The first-order chi connectivity index (χ1) is 16.6. The van der Waals surface area contributed by atoms with E-state index in [1.54, 1.807) is 13.3 Å². The first-order valence-electron chi connectivity index (χ1n) is 11.1. The third-order valence-electron chi connectivity index (χ3n) is 6.60. The molecule has 1 aliphatic carbocycles. The van der Waals surface area contributed by atoms with Crippen LogP contribution in [0.15, 0.2) is 36.8 Å². The summed E-state index contributed by atoms with van der Waals surface area (Å²) in [5.74, 6) is 4.96.